The predicted molar refractivity (Wildman–Crippen MR) is 26.2 cm³/mol. The molecule has 0 aromatic carbocycles. The van der Waals surface area contributed by atoms with Crippen LogP contribution in [0.2, 0.25) is 0 Å². The molecule has 0 aromatic rings. The van der Waals surface area contributed by atoms with Crippen LogP contribution in [0.5, 0.6) is 0 Å². The summed E-state index contributed by atoms with van der Waals surface area (Å²) in [6, 6.07) is 0. The number of halogens is 7. The van der Waals surface area contributed by atoms with Crippen LogP contribution in [0.4, 0.5) is 30.7 Å². The number of hydrogen-bond donors (Lipinski definition) is 0. The first-order chi connectivity index (χ1) is 5.06. The summed E-state index contributed by atoms with van der Waals surface area (Å²) < 4.78 is 81.3. The first-order valence-corrected chi connectivity index (χ1v) is 2.88. The summed E-state index contributed by atoms with van der Waals surface area (Å²) in [5, 5.41) is 0. The molecular formula is C5H5F7. The Morgan fingerprint density at radius 3 is 1.00 bits per heavy atom. The summed E-state index contributed by atoms with van der Waals surface area (Å²) in [5.41, 5.74) is -5.08. The Labute approximate surface area is 63.4 Å². The van der Waals surface area contributed by atoms with Crippen molar-refractivity contribution in [1.82, 2.24) is 0 Å². The first kappa shape index (κ1) is 11.5. The second-order valence-electron chi connectivity index (χ2n) is 2.15. The van der Waals surface area contributed by atoms with Crippen molar-refractivity contribution in [2.75, 3.05) is 0 Å². The van der Waals surface area contributed by atoms with Crippen LogP contribution in [0.15, 0.2) is 0 Å². The third-order valence-electron chi connectivity index (χ3n) is 1.39. The Hall–Kier alpha value is -0.490. The quantitative estimate of drug-likeness (QED) is 0.567. The van der Waals surface area contributed by atoms with Crippen molar-refractivity contribution in [2.45, 2.75) is 31.4 Å². The highest BCUT2D eigenvalue weighted by Crippen LogP contribution is 2.47. The van der Waals surface area contributed by atoms with Gasteiger partial charge >= 0.3 is 12.4 Å². The van der Waals surface area contributed by atoms with E-state index in [0.29, 0.717) is 6.92 Å². The molecule has 0 fully saturated rings. The maximum atomic E-state index is 12.3. The Balaban J connectivity index is 4.95. The zero-order valence-electron chi connectivity index (χ0n) is 5.85. The van der Waals surface area contributed by atoms with Gasteiger partial charge in [-0.25, -0.2) is 4.39 Å². The summed E-state index contributed by atoms with van der Waals surface area (Å²) >= 11 is 0. The minimum Gasteiger partial charge on any atom is -0.224 e. The molecule has 0 aliphatic heterocycles. The maximum Gasteiger partial charge on any atom is 0.431 e. The third-order valence-corrected chi connectivity index (χ3v) is 1.39. The van der Waals surface area contributed by atoms with E-state index in [1.807, 2.05) is 0 Å². The average Bonchev–Trinajstić information content (AvgIpc) is 1.81. The molecule has 0 spiro atoms. The zero-order chi connectivity index (χ0) is 10.2. The Bertz CT molecular complexity index is 138. The van der Waals surface area contributed by atoms with Crippen molar-refractivity contribution >= 4 is 0 Å². The van der Waals surface area contributed by atoms with Gasteiger partial charge in [0.15, 0.2) is 0 Å². The third kappa shape index (κ3) is 1.64. The summed E-state index contributed by atoms with van der Waals surface area (Å²) in [6.45, 7) is 0.487. The smallest absolute Gasteiger partial charge is 0.224 e. The zero-order valence-corrected chi connectivity index (χ0v) is 5.85. The van der Waals surface area contributed by atoms with Gasteiger partial charge in [-0.05, 0) is 6.42 Å². The van der Waals surface area contributed by atoms with Crippen LogP contribution in [0.1, 0.15) is 13.3 Å². The molecule has 0 atom stereocenters. The molecule has 0 saturated heterocycles. The van der Waals surface area contributed by atoms with Crippen molar-refractivity contribution in [3.63, 3.8) is 0 Å². The van der Waals surface area contributed by atoms with E-state index in [2.05, 4.69) is 0 Å². The molecule has 0 radical (unpaired) electrons. The largest absolute Gasteiger partial charge is 0.431 e. The highest BCUT2D eigenvalue weighted by atomic mass is 19.4. The average molecular weight is 198 g/mol. The molecule has 0 N–H and O–H groups in total. The van der Waals surface area contributed by atoms with Crippen molar-refractivity contribution in [2.24, 2.45) is 0 Å². The SMILES string of the molecule is CCC(F)(C(F)(F)F)C(F)(F)F. The van der Waals surface area contributed by atoms with Gasteiger partial charge in [0.25, 0.3) is 5.67 Å². The van der Waals surface area contributed by atoms with E-state index in [0.717, 1.165) is 0 Å². The lowest BCUT2D eigenvalue weighted by Crippen LogP contribution is -2.52. The van der Waals surface area contributed by atoms with E-state index < -0.39 is 24.4 Å². The number of rotatable bonds is 1. The van der Waals surface area contributed by atoms with Crippen molar-refractivity contribution < 1.29 is 30.7 Å². The van der Waals surface area contributed by atoms with Crippen LogP contribution in [-0.2, 0) is 0 Å². The lowest BCUT2D eigenvalue weighted by molar-refractivity contribution is -0.342. The van der Waals surface area contributed by atoms with Gasteiger partial charge in [0.05, 0.1) is 0 Å². The van der Waals surface area contributed by atoms with E-state index in [4.69, 9.17) is 0 Å². The van der Waals surface area contributed by atoms with Gasteiger partial charge in [0, 0.05) is 0 Å². The van der Waals surface area contributed by atoms with Crippen LogP contribution in [-0.4, -0.2) is 18.0 Å². The van der Waals surface area contributed by atoms with Gasteiger partial charge in [-0.2, -0.15) is 26.3 Å². The molecule has 0 nitrogen and oxygen atoms in total. The lowest BCUT2D eigenvalue weighted by Gasteiger charge is -2.28. The highest BCUT2D eigenvalue weighted by Gasteiger charge is 2.71. The molecular weight excluding hydrogens is 193 g/mol. The molecule has 0 rings (SSSR count). The van der Waals surface area contributed by atoms with Crippen LogP contribution in [0.3, 0.4) is 0 Å². The Kier molecular flexibility index (Phi) is 2.66. The second-order valence-corrected chi connectivity index (χ2v) is 2.15. The predicted octanol–water partition coefficient (Wildman–Crippen LogP) is 3.23. The topological polar surface area (TPSA) is 0 Å². The Morgan fingerprint density at radius 2 is 1.00 bits per heavy atom. The number of alkyl halides is 7. The standard InChI is InChI=1S/C5H5F7/c1-2-3(6,4(7,8)9)5(10,11)12/h2H2,1H3. The van der Waals surface area contributed by atoms with Crippen molar-refractivity contribution in [1.29, 1.82) is 0 Å². The maximum absolute atomic E-state index is 12.3. The van der Waals surface area contributed by atoms with Gasteiger partial charge in [-0.3, -0.25) is 0 Å². The Morgan fingerprint density at radius 1 is 0.750 bits per heavy atom. The van der Waals surface area contributed by atoms with Gasteiger partial charge in [0.2, 0.25) is 0 Å². The molecule has 7 heteroatoms. The van der Waals surface area contributed by atoms with Gasteiger partial charge < -0.3 is 0 Å². The molecule has 12 heavy (non-hydrogen) atoms. The van der Waals surface area contributed by atoms with E-state index in [1.54, 1.807) is 0 Å². The van der Waals surface area contributed by atoms with E-state index in [-0.39, 0.29) is 0 Å². The van der Waals surface area contributed by atoms with E-state index >= 15 is 0 Å². The van der Waals surface area contributed by atoms with Gasteiger partial charge in [0.1, 0.15) is 0 Å². The van der Waals surface area contributed by atoms with Crippen LogP contribution in [0.25, 0.3) is 0 Å². The number of hydrogen-bond acceptors (Lipinski definition) is 0. The van der Waals surface area contributed by atoms with Crippen LogP contribution >= 0.6 is 0 Å². The van der Waals surface area contributed by atoms with E-state index in [9.17, 15) is 30.7 Å². The molecule has 0 unspecified atom stereocenters. The van der Waals surface area contributed by atoms with Gasteiger partial charge in [-0.1, -0.05) is 6.92 Å². The van der Waals surface area contributed by atoms with Crippen molar-refractivity contribution in [3.8, 4) is 0 Å². The first-order valence-electron chi connectivity index (χ1n) is 2.88. The fourth-order valence-electron chi connectivity index (χ4n) is 0.562. The molecule has 0 bridgehead atoms. The second kappa shape index (κ2) is 2.77. The summed E-state index contributed by atoms with van der Waals surface area (Å²) in [7, 11) is 0. The monoisotopic (exact) mass is 198 g/mol. The molecule has 0 heterocycles. The summed E-state index contributed by atoms with van der Waals surface area (Å²) in [6.07, 6.45) is -13.5. The minimum atomic E-state index is -5.90. The molecule has 0 aliphatic carbocycles. The van der Waals surface area contributed by atoms with Crippen LogP contribution in [0, 0.1) is 0 Å². The lowest BCUT2D eigenvalue weighted by atomic mass is 10.0. The molecule has 0 aliphatic rings. The summed E-state index contributed by atoms with van der Waals surface area (Å²) in [4.78, 5) is 0. The van der Waals surface area contributed by atoms with Gasteiger partial charge in [-0.15, -0.1) is 0 Å². The van der Waals surface area contributed by atoms with Crippen molar-refractivity contribution in [3.05, 3.63) is 0 Å². The minimum absolute atomic E-state index is 0.487. The molecule has 0 aromatic heterocycles. The summed E-state index contributed by atoms with van der Waals surface area (Å²) in [5.74, 6) is 0. The fourth-order valence-corrected chi connectivity index (χ4v) is 0.562. The normalized spacial score (nSPS) is 15.0. The molecule has 0 amide bonds. The molecule has 74 valence electrons. The molecule has 0 saturated carbocycles. The van der Waals surface area contributed by atoms with Crippen LogP contribution < -0.4 is 0 Å². The van der Waals surface area contributed by atoms with E-state index in [1.165, 1.54) is 0 Å². The fraction of sp³-hybridized carbons (Fsp3) is 1.00. The highest BCUT2D eigenvalue weighted by molar-refractivity contribution is 4.92.